The van der Waals surface area contributed by atoms with Crippen molar-refractivity contribution in [1.82, 2.24) is 0 Å². The van der Waals surface area contributed by atoms with Gasteiger partial charge in [-0.2, -0.15) is 0 Å². The molecule has 0 aliphatic carbocycles. The summed E-state index contributed by atoms with van der Waals surface area (Å²) >= 11 is 0. The number of hydrogen-bond acceptors (Lipinski definition) is 1. The minimum absolute atomic E-state index is 0.817. The summed E-state index contributed by atoms with van der Waals surface area (Å²) in [6.45, 7) is 14.5. The second kappa shape index (κ2) is 5.86. The van der Waals surface area contributed by atoms with Crippen LogP contribution in [0.15, 0.2) is 49.6 Å². The first-order chi connectivity index (χ1) is 7.31. The molecule has 0 saturated carbocycles. The zero-order valence-corrected chi connectivity index (χ0v) is 8.89. The summed E-state index contributed by atoms with van der Waals surface area (Å²) in [5, 5.41) is 0. The van der Waals surface area contributed by atoms with Crippen LogP contribution >= 0.6 is 0 Å². The van der Waals surface area contributed by atoms with E-state index in [-0.39, 0.29) is 0 Å². The standard InChI is InChI=1S/C14H16N/c1-4-11-15(12-5-2)14-9-7-13(6-3)8-10-14/h3-10H,1-2,11-12H2. The van der Waals surface area contributed by atoms with E-state index in [0.29, 0.717) is 0 Å². The van der Waals surface area contributed by atoms with Gasteiger partial charge in [-0.25, -0.2) is 0 Å². The molecular weight excluding hydrogens is 182 g/mol. The molecule has 77 valence electrons. The Morgan fingerprint density at radius 3 is 2.00 bits per heavy atom. The van der Waals surface area contributed by atoms with E-state index < -0.39 is 0 Å². The Hall–Kier alpha value is -1.76. The molecule has 0 atom stereocenters. The molecule has 1 nitrogen and oxygen atoms in total. The molecule has 0 spiro atoms. The zero-order valence-electron chi connectivity index (χ0n) is 8.89. The molecule has 0 amide bonds. The van der Waals surface area contributed by atoms with Crippen LogP contribution < -0.4 is 4.90 Å². The summed E-state index contributed by atoms with van der Waals surface area (Å²) in [7, 11) is 0. The van der Waals surface area contributed by atoms with E-state index in [2.05, 4.69) is 18.1 Å². The smallest absolute Gasteiger partial charge is 0.0372 e. The maximum atomic E-state index is 5.42. The van der Waals surface area contributed by atoms with E-state index in [4.69, 9.17) is 6.58 Å². The molecule has 0 aromatic heterocycles. The van der Waals surface area contributed by atoms with Crippen molar-refractivity contribution in [3.63, 3.8) is 0 Å². The molecule has 0 heterocycles. The number of anilines is 1. The van der Waals surface area contributed by atoms with Crippen molar-refractivity contribution in [3.8, 4) is 0 Å². The Kier molecular flexibility index (Phi) is 4.42. The highest BCUT2D eigenvalue weighted by atomic mass is 15.1. The van der Waals surface area contributed by atoms with E-state index in [1.165, 1.54) is 0 Å². The Balaban J connectivity index is 2.84. The molecule has 1 aromatic carbocycles. The largest absolute Gasteiger partial charge is 0.364 e. The molecule has 1 aromatic rings. The lowest BCUT2D eigenvalue weighted by atomic mass is 10.2. The molecule has 0 aliphatic heterocycles. The lowest BCUT2D eigenvalue weighted by Gasteiger charge is -2.21. The number of hydrogen-bond donors (Lipinski definition) is 0. The van der Waals surface area contributed by atoms with Crippen molar-refractivity contribution in [3.05, 3.63) is 61.7 Å². The molecule has 0 bridgehead atoms. The van der Waals surface area contributed by atoms with Gasteiger partial charge in [0.1, 0.15) is 0 Å². The monoisotopic (exact) mass is 198 g/mol. The van der Waals surface area contributed by atoms with Crippen LogP contribution in [0.5, 0.6) is 0 Å². The maximum absolute atomic E-state index is 5.42. The number of benzene rings is 1. The van der Waals surface area contributed by atoms with Gasteiger partial charge in [-0.15, -0.1) is 13.2 Å². The molecule has 0 unspecified atom stereocenters. The fraction of sp³-hybridized carbons (Fsp3) is 0.143. The zero-order chi connectivity index (χ0) is 11.1. The fourth-order valence-electron chi connectivity index (χ4n) is 1.39. The Labute approximate surface area is 92.0 Å². The minimum atomic E-state index is 0.817. The van der Waals surface area contributed by atoms with Gasteiger partial charge in [0.25, 0.3) is 0 Å². The topological polar surface area (TPSA) is 3.24 Å². The molecule has 1 heteroatoms. The van der Waals surface area contributed by atoms with Gasteiger partial charge in [0.05, 0.1) is 0 Å². The van der Waals surface area contributed by atoms with Crippen LogP contribution in [0.3, 0.4) is 0 Å². The van der Waals surface area contributed by atoms with Crippen molar-refractivity contribution in [2.45, 2.75) is 0 Å². The summed E-state index contributed by atoms with van der Waals surface area (Å²) < 4.78 is 0. The Bertz CT molecular complexity index is 325. The van der Waals surface area contributed by atoms with Crippen molar-refractivity contribution >= 4 is 11.8 Å². The molecule has 0 aliphatic rings. The van der Waals surface area contributed by atoms with Crippen LogP contribution in [0.25, 0.3) is 6.08 Å². The van der Waals surface area contributed by atoms with Gasteiger partial charge in [-0.1, -0.05) is 36.9 Å². The van der Waals surface area contributed by atoms with Gasteiger partial charge in [-0.3, -0.25) is 0 Å². The van der Waals surface area contributed by atoms with Crippen molar-refractivity contribution < 1.29 is 0 Å². The molecular formula is C14H16N. The summed E-state index contributed by atoms with van der Waals surface area (Å²) in [5.74, 6) is 0. The van der Waals surface area contributed by atoms with Gasteiger partial charge in [0.15, 0.2) is 0 Å². The first kappa shape index (κ1) is 11.3. The van der Waals surface area contributed by atoms with E-state index in [9.17, 15) is 0 Å². The first-order valence-corrected chi connectivity index (χ1v) is 4.93. The van der Waals surface area contributed by atoms with Crippen LogP contribution in [-0.4, -0.2) is 13.1 Å². The highest BCUT2D eigenvalue weighted by molar-refractivity contribution is 5.54. The Morgan fingerprint density at radius 1 is 1.07 bits per heavy atom. The van der Waals surface area contributed by atoms with Crippen molar-refractivity contribution in [2.75, 3.05) is 18.0 Å². The number of nitrogens with zero attached hydrogens (tertiary/aromatic N) is 1. The van der Waals surface area contributed by atoms with Gasteiger partial charge in [0, 0.05) is 18.8 Å². The van der Waals surface area contributed by atoms with E-state index in [0.717, 1.165) is 24.3 Å². The summed E-state index contributed by atoms with van der Waals surface area (Å²) in [6.07, 6.45) is 5.36. The third kappa shape index (κ3) is 3.13. The van der Waals surface area contributed by atoms with Gasteiger partial charge in [0.2, 0.25) is 0 Å². The van der Waals surface area contributed by atoms with E-state index >= 15 is 0 Å². The predicted molar refractivity (Wildman–Crippen MR) is 67.8 cm³/mol. The third-order valence-electron chi connectivity index (χ3n) is 2.15. The van der Waals surface area contributed by atoms with Crippen LogP contribution in [0, 0.1) is 6.58 Å². The summed E-state index contributed by atoms with van der Waals surface area (Å²) in [6, 6.07) is 8.08. The average molecular weight is 198 g/mol. The Morgan fingerprint density at radius 2 is 1.60 bits per heavy atom. The molecule has 0 fully saturated rings. The van der Waals surface area contributed by atoms with Gasteiger partial charge < -0.3 is 4.90 Å². The lowest BCUT2D eigenvalue weighted by molar-refractivity contribution is 0.957. The van der Waals surface area contributed by atoms with Crippen LogP contribution in [0.2, 0.25) is 0 Å². The minimum Gasteiger partial charge on any atom is -0.364 e. The molecule has 0 saturated heterocycles. The maximum Gasteiger partial charge on any atom is 0.0372 e. The van der Waals surface area contributed by atoms with E-state index in [1.54, 1.807) is 6.08 Å². The van der Waals surface area contributed by atoms with Crippen molar-refractivity contribution in [2.24, 2.45) is 0 Å². The van der Waals surface area contributed by atoms with Crippen molar-refractivity contribution in [1.29, 1.82) is 0 Å². The molecule has 15 heavy (non-hydrogen) atoms. The highest BCUT2D eigenvalue weighted by Crippen LogP contribution is 2.15. The van der Waals surface area contributed by atoms with Gasteiger partial charge in [-0.05, 0) is 17.7 Å². The normalized spacial score (nSPS) is 9.33. The lowest BCUT2D eigenvalue weighted by Crippen LogP contribution is -2.22. The summed E-state index contributed by atoms with van der Waals surface area (Å²) in [5.41, 5.74) is 2.18. The van der Waals surface area contributed by atoms with E-state index in [1.807, 2.05) is 36.4 Å². The van der Waals surface area contributed by atoms with Gasteiger partial charge >= 0.3 is 0 Å². The predicted octanol–water partition coefficient (Wildman–Crippen LogP) is 3.31. The van der Waals surface area contributed by atoms with Crippen LogP contribution in [0.4, 0.5) is 5.69 Å². The van der Waals surface area contributed by atoms with Crippen LogP contribution in [0.1, 0.15) is 5.56 Å². The molecule has 0 N–H and O–H groups in total. The molecule has 1 rings (SSSR count). The molecule has 1 radical (unpaired) electrons. The number of rotatable bonds is 6. The van der Waals surface area contributed by atoms with Crippen LogP contribution in [-0.2, 0) is 0 Å². The fourth-order valence-corrected chi connectivity index (χ4v) is 1.39. The SMILES string of the molecule is [CH]=Cc1ccc(N(CC=C)CC=C)cc1. The summed E-state index contributed by atoms with van der Waals surface area (Å²) in [4.78, 5) is 2.18. The highest BCUT2D eigenvalue weighted by Gasteiger charge is 2.01. The first-order valence-electron chi connectivity index (χ1n) is 4.93. The second-order valence-corrected chi connectivity index (χ2v) is 3.24. The second-order valence-electron chi connectivity index (χ2n) is 3.24. The average Bonchev–Trinajstić information content (AvgIpc) is 2.29. The quantitative estimate of drug-likeness (QED) is 0.634. The third-order valence-corrected chi connectivity index (χ3v) is 2.15.